The minimum absolute atomic E-state index is 0.0770. The lowest BCUT2D eigenvalue weighted by atomic mass is 9.86. The van der Waals surface area contributed by atoms with E-state index in [9.17, 15) is 9.59 Å². The molecule has 4 atom stereocenters. The Morgan fingerprint density at radius 2 is 2.29 bits per heavy atom. The molecule has 2 rings (SSSR count). The first kappa shape index (κ1) is 9.77. The number of esters is 1. The third-order valence-electron chi connectivity index (χ3n) is 2.78. The summed E-state index contributed by atoms with van der Waals surface area (Å²) in [5, 5.41) is 2.46. The number of ether oxygens (including phenoxy) is 1. The summed E-state index contributed by atoms with van der Waals surface area (Å²) < 4.78 is 5.09. The van der Waals surface area contributed by atoms with Crippen LogP contribution >= 0.6 is 11.6 Å². The largest absolute Gasteiger partial charge is 0.460 e. The highest BCUT2D eigenvalue weighted by Crippen LogP contribution is 2.37. The highest BCUT2D eigenvalue weighted by Gasteiger charge is 2.47. The average molecular weight is 218 g/mol. The van der Waals surface area contributed by atoms with Gasteiger partial charge in [-0.15, -0.1) is 11.6 Å². The number of hydrogen-bond acceptors (Lipinski definition) is 3. The second-order valence-corrected chi connectivity index (χ2v) is 4.40. The number of rotatable bonds is 1. The zero-order valence-corrected chi connectivity index (χ0v) is 8.58. The minimum Gasteiger partial charge on any atom is -0.460 e. The van der Waals surface area contributed by atoms with Crippen LogP contribution in [0.3, 0.4) is 0 Å². The van der Waals surface area contributed by atoms with Gasteiger partial charge in [0.15, 0.2) is 0 Å². The maximum atomic E-state index is 11.2. The van der Waals surface area contributed by atoms with Gasteiger partial charge in [-0.3, -0.25) is 9.59 Å². The molecule has 1 N–H and O–H groups in total. The number of carbonyl (C=O) groups excluding carboxylic acids is 2. The van der Waals surface area contributed by atoms with E-state index in [1.807, 2.05) is 0 Å². The van der Waals surface area contributed by atoms with E-state index in [-0.39, 0.29) is 35.3 Å². The minimum atomic E-state index is -0.290. The van der Waals surface area contributed by atoms with Gasteiger partial charge >= 0.3 is 5.97 Å². The zero-order chi connectivity index (χ0) is 10.3. The monoisotopic (exact) mass is 217 g/mol. The normalized spacial score (nSPS) is 40.6. The zero-order valence-electron chi connectivity index (χ0n) is 7.83. The van der Waals surface area contributed by atoms with E-state index in [2.05, 4.69) is 5.32 Å². The molecule has 0 spiro atoms. The van der Waals surface area contributed by atoms with Gasteiger partial charge in [0.25, 0.3) is 0 Å². The summed E-state index contributed by atoms with van der Waals surface area (Å²) in [5.74, 6) is -0.366. The van der Waals surface area contributed by atoms with Crippen molar-refractivity contribution in [1.82, 2.24) is 5.32 Å². The standard InChI is InChI=1S/C9H12ClNO3/c1-4(12)11-6-2-5-3-7(8(6)10)14-9(5)13/h5-8H,2-3H2,1H3,(H,11,12)/t5-,6+,7-,8-/m1/s1. The van der Waals surface area contributed by atoms with Crippen LogP contribution in [0.2, 0.25) is 0 Å². The van der Waals surface area contributed by atoms with E-state index < -0.39 is 0 Å². The number of hydrogen-bond donors (Lipinski definition) is 1. The van der Waals surface area contributed by atoms with Crippen molar-refractivity contribution in [2.75, 3.05) is 0 Å². The molecule has 2 fully saturated rings. The average Bonchev–Trinajstić information content (AvgIpc) is 2.39. The Morgan fingerprint density at radius 3 is 2.93 bits per heavy atom. The summed E-state index contributed by atoms with van der Waals surface area (Å²) >= 11 is 6.09. The van der Waals surface area contributed by atoms with Crippen molar-refractivity contribution >= 4 is 23.5 Å². The van der Waals surface area contributed by atoms with Gasteiger partial charge in [-0.2, -0.15) is 0 Å². The molecule has 0 radical (unpaired) electrons. The molecule has 1 saturated heterocycles. The molecule has 4 nitrogen and oxygen atoms in total. The summed E-state index contributed by atoms with van der Waals surface area (Å²) in [7, 11) is 0. The van der Waals surface area contributed by atoms with Gasteiger partial charge in [-0.05, 0) is 12.8 Å². The first-order valence-corrected chi connectivity index (χ1v) is 5.13. The molecule has 1 amide bonds. The third kappa shape index (κ3) is 1.59. The number of alkyl halides is 1. The van der Waals surface area contributed by atoms with Crippen molar-refractivity contribution in [3.05, 3.63) is 0 Å². The summed E-state index contributed by atoms with van der Waals surface area (Å²) in [6, 6.07) is -0.135. The molecule has 14 heavy (non-hydrogen) atoms. The topological polar surface area (TPSA) is 55.4 Å². The van der Waals surface area contributed by atoms with Gasteiger partial charge in [0.2, 0.25) is 5.91 Å². The van der Waals surface area contributed by atoms with Crippen LogP contribution in [0.1, 0.15) is 19.8 Å². The van der Waals surface area contributed by atoms with E-state index in [4.69, 9.17) is 16.3 Å². The van der Waals surface area contributed by atoms with Crippen molar-refractivity contribution in [3.8, 4) is 0 Å². The predicted octanol–water partition coefficient (Wildman–Crippen LogP) is 0.434. The second-order valence-electron chi connectivity index (χ2n) is 3.90. The SMILES string of the molecule is CC(=O)N[C@H]1C[C@@H]2C[C@@H](OC2=O)[C@@H]1Cl. The van der Waals surface area contributed by atoms with Gasteiger partial charge in [0.1, 0.15) is 6.10 Å². The molecule has 5 heteroatoms. The lowest BCUT2D eigenvalue weighted by Crippen LogP contribution is -2.47. The maximum absolute atomic E-state index is 11.2. The molecule has 78 valence electrons. The Morgan fingerprint density at radius 1 is 1.57 bits per heavy atom. The molecule has 1 heterocycles. The molecule has 2 aliphatic rings. The van der Waals surface area contributed by atoms with Crippen LogP contribution in [0, 0.1) is 5.92 Å². The van der Waals surface area contributed by atoms with E-state index in [0.29, 0.717) is 12.8 Å². The molecule has 2 bridgehead atoms. The summed E-state index contributed by atoms with van der Waals surface area (Å²) in [4.78, 5) is 22.1. The van der Waals surface area contributed by atoms with Gasteiger partial charge in [0.05, 0.1) is 11.3 Å². The van der Waals surface area contributed by atoms with Crippen molar-refractivity contribution in [2.45, 2.75) is 37.3 Å². The summed E-state index contributed by atoms with van der Waals surface area (Å²) in [6.45, 7) is 1.45. The Balaban J connectivity index is 2.07. The van der Waals surface area contributed by atoms with Crippen LogP contribution in [-0.2, 0) is 14.3 Å². The van der Waals surface area contributed by atoms with Gasteiger partial charge < -0.3 is 10.1 Å². The maximum Gasteiger partial charge on any atom is 0.309 e. The van der Waals surface area contributed by atoms with E-state index in [1.165, 1.54) is 6.92 Å². The first-order chi connectivity index (χ1) is 6.58. The van der Waals surface area contributed by atoms with E-state index >= 15 is 0 Å². The first-order valence-electron chi connectivity index (χ1n) is 4.69. The lowest BCUT2D eigenvalue weighted by Gasteiger charge is -2.29. The fourth-order valence-corrected chi connectivity index (χ4v) is 2.47. The van der Waals surface area contributed by atoms with E-state index in [1.54, 1.807) is 0 Å². The molecule has 0 aromatic heterocycles. The van der Waals surface area contributed by atoms with Crippen molar-refractivity contribution in [2.24, 2.45) is 5.92 Å². The number of halogens is 1. The quantitative estimate of drug-likeness (QED) is 0.512. The predicted molar refractivity (Wildman–Crippen MR) is 49.8 cm³/mol. The van der Waals surface area contributed by atoms with Gasteiger partial charge in [-0.25, -0.2) is 0 Å². The highest BCUT2D eigenvalue weighted by molar-refractivity contribution is 6.22. The Hall–Kier alpha value is -0.770. The molecule has 1 saturated carbocycles. The van der Waals surface area contributed by atoms with Crippen LogP contribution in [-0.4, -0.2) is 29.4 Å². The molecule has 0 aromatic carbocycles. The smallest absolute Gasteiger partial charge is 0.309 e. The van der Waals surface area contributed by atoms with Crippen LogP contribution in [0.25, 0.3) is 0 Å². The number of nitrogens with one attached hydrogen (secondary N) is 1. The number of fused-ring (bicyclic) bond motifs is 2. The molecule has 1 aliphatic carbocycles. The number of amides is 1. The van der Waals surface area contributed by atoms with Crippen molar-refractivity contribution in [3.63, 3.8) is 0 Å². The molecule has 1 aliphatic heterocycles. The summed E-state index contributed by atoms with van der Waals surface area (Å²) in [5.41, 5.74) is 0. The summed E-state index contributed by atoms with van der Waals surface area (Å²) in [6.07, 6.45) is 1.08. The van der Waals surface area contributed by atoms with Gasteiger partial charge in [0, 0.05) is 13.0 Å². The van der Waals surface area contributed by atoms with Crippen molar-refractivity contribution in [1.29, 1.82) is 0 Å². The number of carbonyl (C=O) groups is 2. The third-order valence-corrected chi connectivity index (χ3v) is 3.37. The fourth-order valence-electron chi connectivity index (χ4n) is 2.15. The fraction of sp³-hybridized carbons (Fsp3) is 0.778. The van der Waals surface area contributed by atoms with Crippen LogP contribution in [0.15, 0.2) is 0 Å². The Labute approximate surface area is 86.9 Å². The Kier molecular flexibility index (Phi) is 2.39. The van der Waals surface area contributed by atoms with Crippen molar-refractivity contribution < 1.29 is 14.3 Å². The molecule has 0 aromatic rings. The molecule has 0 unspecified atom stereocenters. The van der Waals surface area contributed by atoms with Crippen LogP contribution in [0.5, 0.6) is 0 Å². The van der Waals surface area contributed by atoms with Gasteiger partial charge in [-0.1, -0.05) is 0 Å². The van der Waals surface area contributed by atoms with Crippen LogP contribution in [0.4, 0.5) is 0 Å². The van der Waals surface area contributed by atoms with E-state index in [0.717, 1.165) is 0 Å². The second kappa shape index (κ2) is 3.42. The van der Waals surface area contributed by atoms with Crippen LogP contribution < -0.4 is 5.32 Å². The highest BCUT2D eigenvalue weighted by atomic mass is 35.5. The lowest BCUT2D eigenvalue weighted by molar-refractivity contribution is -0.143. The molecular weight excluding hydrogens is 206 g/mol. The molecular formula is C9H12ClNO3. The Bertz CT molecular complexity index is 281.